The van der Waals surface area contributed by atoms with Crippen molar-refractivity contribution in [3.05, 3.63) is 54.3 Å². The van der Waals surface area contributed by atoms with E-state index in [4.69, 9.17) is 0 Å². The van der Waals surface area contributed by atoms with Crippen molar-refractivity contribution < 1.29 is 17.6 Å². The molecule has 0 saturated carbocycles. The number of nitrogens with one attached hydrogen (secondary N) is 1. The molecule has 9 heteroatoms. The van der Waals surface area contributed by atoms with Gasteiger partial charge in [0, 0.05) is 6.54 Å². The second-order valence-electron chi connectivity index (χ2n) is 6.14. The molecule has 1 aliphatic rings. The Kier molecular flexibility index (Phi) is 6.35. The molecule has 28 heavy (non-hydrogen) atoms. The summed E-state index contributed by atoms with van der Waals surface area (Å²) in [6, 6.07) is 12.6. The minimum Gasteiger partial charge on any atom is -0.323 e. The molecule has 1 heterocycles. The minimum absolute atomic E-state index is 0.0829. The van der Waals surface area contributed by atoms with Gasteiger partial charge in [-0.15, -0.1) is 4.40 Å². The van der Waals surface area contributed by atoms with E-state index in [1.54, 1.807) is 24.3 Å². The summed E-state index contributed by atoms with van der Waals surface area (Å²) in [7, 11) is -3.83. The Morgan fingerprint density at radius 2 is 1.89 bits per heavy atom. The number of amides is 1. The highest BCUT2D eigenvalue weighted by atomic mass is 32.2. The van der Waals surface area contributed by atoms with Gasteiger partial charge in [-0.1, -0.05) is 49.4 Å². The van der Waals surface area contributed by atoms with Crippen LogP contribution in [0.4, 0.5) is 15.8 Å². The van der Waals surface area contributed by atoms with Crippen LogP contribution in [0, 0.1) is 5.82 Å². The summed E-state index contributed by atoms with van der Waals surface area (Å²) < 4.78 is 42.6. The molecule has 0 aliphatic carbocycles. The van der Waals surface area contributed by atoms with Crippen LogP contribution in [-0.4, -0.2) is 31.8 Å². The van der Waals surface area contributed by atoms with E-state index in [1.807, 2.05) is 11.8 Å². The molecule has 0 saturated heterocycles. The number of fused-ring (bicyclic) bond motifs is 1. The van der Waals surface area contributed by atoms with E-state index in [0.717, 1.165) is 24.6 Å². The number of thioether (sulfide) groups is 1. The lowest BCUT2D eigenvalue weighted by atomic mass is 10.2. The van der Waals surface area contributed by atoms with Crippen molar-refractivity contribution in [3.63, 3.8) is 0 Å². The number of anilines is 2. The summed E-state index contributed by atoms with van der Waals surface area (Å²) in [5, 5.41) is 2.74. The Bertz CT molecular complexity index is 1010. The summed E-state index contributed by atoms with van der Waals surface area (Å²) in [6.45, 7) is 2.63. The zero-order valence-electron chi connectivity index (χ0n) is 15.3. The lowest BCUT2D eigenvalue weighted by molar-refractivity contribution is -0.113. The second kappa shape index (κ2) is 8.74. The zero-order valence-corrected chi connectivity index (χ0v) is 16.9. The molecule has 0 fully saturated rings. The highest BCUT2D eigenvalue weighted by Gasteiger charge is 2.30. The Morgan fingerprint density at radius 3 is 2.64 bits per heavy atom. The highest BCUT2D eigenvalue weighted by molar-refractivity contribution is 8.15. The number of benzene rings is 2. The van der Waals surface area contributed by atoms with Crippen molar-refractivity contribution >= 4 is 44.2 Å². The maximum absolute atomic E-state index is 13.7. The number of sulfonamides is 1. The maximum atomic E-state index is 13.7. The molecule has 1 aliphatic heterocycles. The number of hydrogen-bond donors (Lipinski definition) is 1. The van der Waals surface area contributed by atoms with Crippen molar-refractivity contribution in [2.75, 3.05) is 22.5 Å². The highest BCUT2D eigenvalue weighted by Crippen LogP contribution is 2.34. The third-order valence-electron chi connectivity index (χ3n) is 4.08. The first-order valence-electron chi connectivity index (χ1n) is 8.81. The molecule has 0 radical (unpaired) electrons. The smallest absolute Gasteiger partial charge is 0.286 e. The van der Waals surface area contributed by atoms with E-state index in [1.165, 1.54) is 24.3 Å². The number of halogens is 1. The average molecular weight is 422 g/mol. The Labute approximate surface area is 167 Å². The first-order chi connectivity index (χ1) is 13.4. The van der Waals surface area contributed by atoms with Crippen molar-refractivity contribution in [2.24, 2.45) is 4.40 Å². The van der Waals surface area contributed by atoms with Crippen LogP contribution >= 0.6 is 11.8 Å². The normalized spacial score (nSPS) is 14.9. The predicted molar refractivity (Wildman–Crippen MR) is 111 cm³/mol. The van der Waals surface area contributed by atoms with Gasteiger partial charge in [-0.05, 0) is 30.7 Å². The van der Waals surface area contributed by atoms with E-state index < -0.39 is 21.7 Å². The number of unbranched alkanes of at least 4 members (excludes halogenated alkanes) is 1. The van der Waals surface area contributed by atoms with E-state index in [-0.39, 0.29) is 21.5 Å². The fourth-order valence-corrected chi connectivity index (χ4v) is 5.00. The molecule has 148 valence electrons. The van der Waals surface area contributed by atoms with Crippen molar-refractivity contribution in [3.8, 4) is 0 Å². The first-order valence-corrected chi connectivity index (χ1v) is 11.2. The molecule has 2 aromatic rings. The van der Waals surface area contributed by atoms with Gasteiger partial charge in [0.2, 0.25) is 5.91 Å². The van der Waals surface area contributed by atoms with Gasteiger partial charge in [-0.2, -0.15) is 8.42 Å². The molecule has 0 aromatic heterocycles. The molecule has 0 spiro atoms. The third-order valence-corrected chi connectivity index (χ3v) is 6.49. The average Bonchev–Trinajstić information content (AvgIpc) is 2.67. The third kappa shape index (κ3) is 4.53. The van der Waals surface area contributed by atoms with Crippen molar-refractivity contribution in [1.82, 2.24) is 0 Å². The largest absolute Gasteiger partial charge is 0.323 e. The van der Waals surface area contributed by atoms with Gasteiger partial charge in [0.25, 0.3) is 10.0 Å². The van der Waals surface area contributed by atoms with Crippen LogP contribution in [0.3, 0.4) is 0 Å². The van der Waals surface area contributed by atoms with Crippen molar-refractivity contribution in [1.29, 1.82) is 0 Å². The Hall–Kier alpha value is -2.39. The van der Waals surface area contributed by atoms with Gasteiger partial charge in [-0.3, -0.25) is 4.79 Å². The van der Waals surface area contributed by atoms with Gasteiger partial charge >= 0.3 is 0 Å². The molecule has 6 nitrogen and oxygen atoms in total. The number of rotatable bonds is 6. The monoisotopic (exact) mass is 421 g/mol. The van der Waals surface area contributed by atoms with Gasteiger partial charge in [-0.25, -0.2) is 4.39 Å². The van der Waals surface area contributed by atoms with E-state index >= 15 is 0 Å². The van der Waals surface area contributed by atoms with Gasteiger partial charge in [0.05, 0.1) is 17.1 Å². The topological polar surface area (TPSA) is 78.8 Å². The van der Waals surface area contributed by atoms with Crippen LogP contribution in [0.25, 0.3) is 0 Å². The molecule has 1 amide bonds. The summed E-state index contributed by atoms with van der Waals surface area (Å²) in [5.74, 6) is -1.06. The number of amidine groups is 1. The van der Waals surface area contributed by atoms with Gasteiger partial charge in [0.1, 0.15) is 10.7 Å². The summed E-state index contributed by atoms with van der Waals surface area (Å²) in [5.41, 5.74) is 0.641. The van der Waals surface area contributed by atoms with Crippen LogP contribution in [0.2, 0.25) is 0 Å². The fourth-order valence-electron chi connectivity index (χ4n) is 2.72. The minimum atomic E-state index is -3.83. The fraction of sp³-hybridized carbons (Fsp3) is 0.263. The van der Waals surface area contributed by atoms with Crippen LogP contribution < -0.4 is 10.2 Å². The quantitative estimate of drug-likeness (QED) is 0.766. The number of carbonyl (C=O) groups excluding carboxylic acids is 1. The number of para-hydroxylation sites is 2. The molecule has 0 bridgehead atoms. The van der Waals surface area contributed by atoms with E-state index in [9.17, 15) is 17.6 Å². The number of carbonyl (C=O) groups is 1. The van der Waals surface area contributed by atoms with Crippen LogP contribution in [0.1, 0.15) is 19.8 Å². The van der Waals surface area contributed by atoms with Crippen LogP contribution in [0.15, 0.2) is 57.8 Å². The zero-order chi connectivity index (χ0) is 20.1. The van der Waals surface area contributed by atoms with E-state index in [2.05, 4.69) is 9.71 Å². The second-order valence-corrected chi connectivity index (χ2v) is 8.65. The molecule has 1 N–H and O–H groups in total. The van der Waals surface area contributed by atoms with Crippen LogP contribution in [0.5, 0.6) is 0 Å². The van der Waals surface area contributed by atoms with Gasteiger partial charge in [0.15, 0.2) is 5.17 Å². The molecule has 0 atom stereocenters. The molecule has 0 unspecified atom stereocenters. The standard InChI is InChI=1S/C19H20FN3O3S2/c1-2-3-12-23-16-10-6-7-11-17(16)28(25,26)22-19(23)27-13-18(24)21-15-9-5-4-8-14(15)20/h4-11H,2-3,12-13H2,1H3,(H,21,24). The lowest BCUT2D eigenvalue weighted by Gasteiger charge is -2.30. The first kappa shape index (κ1) is 20.3. The lowest BCUT2D eigenvalue weighted by Crippen LogP contribution is -2.35. The summed E-state index contributed by atoms with van der Waals surface area (Å²) in [6.07, 6.45) is 1.77. The number of nitrogens with zero attached hydrogens (tertiary/aromatic N) is 2. The van der Waals surface area contributed by atoms with Crippen molar-refractivity contribution in [2.45, 2.75) is 24.7 Å². The summed E-state index contributed by atoms with van der Waals surface area (Å²) in [4.78, 5) is 14.2. The maximum Gasteiger partial charge on any atom is 0.286 e. The SMILES string of the molecule is CCCCN1C(SCC(=O)Nc2ccccc2F)=NS(=O)(=O)c2ccccc21. The Balaban J connectivity index is 1.78. The molecular weight excluding hydrogens is 401 g/mol. The van der Waals surface area contributed by atoms with Gasteiger partial charge < -0.3 is 10.2 Å². The molecule has 2 aromatic carbocycles. The van der Waals surface area contributed by atoms with Crippen LogP contribution in [-0.2, 0) is 14.8 Å². The molecular formula is C19H20FN3O3S2. The molecule has 3 rings (SSSR count). The summed E-state index contributed by atoms with van der Waals surface area (Å²) >= 11 is 1.02. The Morgan fingerprint density at radius 1 is 1.18 bits per heavy atom. The van der Waals surface area contributed by atoms with E-state index in [0.29, 0.717) is 12.2 Å². The number of hydrogen-bond acceptors (Lipinski definition) is 5. The predicted octanol–water partition coefficient (Wildman–Crippen LogP) is 3.86.